The molecule has 6 nitrogen and oxygen atoms in total. The highest BCUT2D eigenvalue weighted by Gasteiger charge is 2.39. The van der Waals surface area contributed by atoms with Gasteiger partial charge in [0.05, 0.1) is 0 Å². The molecule has 1 saturated carbocycles. The van der Waals surface area contributed by atoms with Crippen molar-refractivity contribution in [2.24, 2.45) is 11.8 Å². The first kappa shape index (κ1) is 16.7. The number of nitrogens with one attached hydrogen (secondary N) is 1. The Morgan fingerprint density at radius 1 is 1.24 bits per heavy atom. The maximum atomic E-state index is 13.4. The predicted octanol–water partition coefficient (Wildman–Crippen LogP) is 2.70. The molecule has 1 N–H and O–H groups in total. The first-order chi connectivity index (χ1) is 12.1. The van der Waals surface area contributed by atoms with Gasteiger partial charge in [0.1, 0.15) is 12.4 Å². The molecule has 0 spiro atoms. The standard InChI is InChI=1S/C17H25F2N5O/c18-15(19)14-8-13(22-17-20-10-21-24(14)17)12-6-3-7-23(9-12)16(25)11-4-1-2-5-11/h10-15H,1-9H2,(H,20,21,22)/t12-,13-,14+/m0/s1. The number of alkyl halides is 2. The minimum atomic E-state index is -2.47. The van der Waals surface area contributed by atoms with E-state index in [9.17, 15) is 13.6 Å². The van der Waals surface area contributed by atoms with E-state index >= 15 is 0 Å². The Balaban J connectivity index is 1.45. The third kappa shape index (κ3) is 3.22. The van der Waals surface area contributed by atoms with Gasteiger partial charge >= 0.3 is 0 Å². The third-order valence-electron chi connectivity index (χ3n) is 6.03. The van der Waals surface area contributed by atoms with Gasteiger partial charge in [0.15, 0.2) is 0 Å². The van der Waals surface area contributed by atoms with Crippen molar-refractivity contribution < 1.29 is 13.6 Å². The summed E-state index contributed by atoms with van der Waals surface area (Å²) in [5.41, 5.74) is 0. The molecule has 0 bridgehead atoms. The highest BCUT2D eigenvalue weighted by molar-refractivity contribution is 5.79. The van der Waals surface area contributed by atoms with Crippen molar-refractivity contribution in [2.45, 2.75) is 63.5 Å². The second-order valence-corrected chi connectivity index (χ2v) is 7.58. The van der Waals surface area contributed by atoms with E-state index in [0.29, 0.717) is 18.9 Å². The molecule has 8 heteroatoms. The molecule has 4 rings (SSSR count). The number of carbonyl (C=O) groups excluding carboxylic acids is 1. The molecule has 138 valence electrons. The van der Waals surface area contributed by atoms with E-state index in [1.165, 1.54) is 11.0 Å². The minimum Gasteiger partial charge on any atom is -0.351 e. The lowest BCUT2D eigenvalue weighted by Gasteiger charge is -2.41. The number of amides is 1. The number of hydrogen-bond donors (Lipinski definition) is 1. The average Bonchev–Trinajstić information content (AvgIpc) is 3.31. The van der Waals surface area contributed by atoms with Crippen LogP contribution in [-0.2, 0) is 4.79 Å². The minimum absolute atomic E-state index is 0.0881. The summed E-state index contributed by atoms with van der Waals surface area (Å²) >= 11 is 0. The van der Waals surface area contributed by atoms with Gasteiger partial charge in [-0.15, -0.1) is 0 Å². The maximum absolute atomic E-state index is 13.4. The molecule has 0 radical (unpaired) electrons. The van der Waals surface area contributed by atoms with Crippen LogP contribution in [0.25, 0.3) is 0 Å². The zero-order valence-electron chi connectivity index (χ0n) is 14.3. The lowest BCUT2D eigenvalue weighted by Crippen LogP contribution is -2.49. The molecule has 1 aromatic heterocycles. The van der Waals surface area contributed by atoms with Gasteiger partial charge in [-0.05, 0) is 38.0 Å². The normalized spacial score (nSPS) is 30.4. The maximum Gasteiger partial charge on any atom is 0.260 e. The zero-order valence-corrected chi connectivity index (χ0v) is 14.3. The van der Waals surface area contributed by atoms with Crippen LogP contribution in [0.15, 0.2) is 6.33 Å². The Kier molecular flexibility index (Phi) is 4.60. The number of rotatable bonds is 3. The lowest BCUT2D eigenvalue weighted by atomic mass is 9.85. The summed E-state index contributed by atoms with van der Waals surface area (Å²) in [4.78, 5) is 18.8. The number of anilines is 1. The SMILES string of the molecule is O=C(C1CCCC1)N1CCC[C@H]([C@@H]2C[C@H](C(F)F)n3ncnc3N2)C1. The summed E-state index contributed by atoms with van der Waals surface area (Å²) in [6.07, 6.45) is 5.35. The Hall–Kier alpha value is -1.73. The van der Waals surface area contributed by atoms with Gasteiger partial charge in [-0.1, -0.05) is 12.8 Å². The number of fused-ring (bicyclic) bond motifs is 1. The molecule has 3 aliphatic rings. The predicted molar refractivity (Wildman–Crippen MR) is 88.4 cm³/mol. The van der Waals surface area contributed by atoms with E-state index in [1.807, 2.05) is 4.90 Å². The second kappa shape index (κ2) is 6.88. The quantitative estimate of drug-likeness (QED) is 0.908. The molecule has 0 unspecified atom stereocenters. The Labute approximate surface area is 146 Å². The molecular formula is C17H25F2N5O. The van der Waals surface area contributed by atoms with Crippen molar-refractivity contribution in [1.82, 2.24) is 19.7 Å². The molecule has 1 aromatic rings. The van der Waals surface area contributed by atoms with E-state index in [4.69, 9.17) is 0 Å². The van der Waals surface area contributed by atoms with Crippen LogP contribution in [0.2, 0.25) is 0 Å². The van der Waals surface area contributed by atoms with Crippen molar-refractivity contribution in [3.8, 4) is 0 Å². The summed E-state index contributed by atoms with van der Waals surface area (Å²) in [6, 6.07) is -1.03. The zero-order chi connectivity index (χ0) is 17.4. The number of nitrogens with zero attached hydrogens (tertiary/aromatic N) is 4. The van der Waals surface area contributed by atoms with Crippen LogP contribution in [0, 0.1) is 11.8 Å². The number of piperidine rings is 1. The summed E-state index contributed by atoms with van der Waals surface area (Å²) < 4.78 is 28.2. The topological polar surface area (TPSA) is 63.1 Å². The summed E-state index contributed by atoms with van der Waals surface area (Å²) in [5.74, 6) is 1.05. The van der Waals surface area contributed by atoms with Gasteiger partial charge in [0.25, 0.3) is 6.43 Å². The van der Waals surface area contributed by atoms with Crippen LogP contribution in [0.3, 0.4) is 0 Å². The van der Waals surface area contributed by atoms with E-state index in [0.717, 1.165) is 45.1 Å². The molecular weight excluding hydrogens is 328 g/mol. The van der Waals surface area contributed by atoms with Crippen LogP contribution in [0.4, 0.5) is 14.7 Å². The van der Waals surface area contributed by atoms with Gasteiger partial charge in [0.2, 0.25) is 11.9 Å². The van der Waals surface area contributed by atoms with Crippen LogP contribution in [-0.4, -0.2) is 51.1 Å². The molecule has 2 fully saturated rings. The van der Waals surface area contributed by atoms with Gasteiger partial charge in [-0.3, -0.25) is 4.79 Å². The second-order valence-electron chi connectivity index (χ2n) is 7.58. The molecule has 1 amide bonds. The Morgan fingerprint density at radius 3 is 2.80 bits per heavy atom. The van der Waals surface area contributed by atoms with Crippen molar-refractivity contribution in [1.29, 1.82) is 0 Å². The van der Waals surface area contributed by atoms with Gasteiger partial charge < -0.3 is 10.2 Å². The fourth-order valence-electron chi connectivity index (χ4n) is 4.67. The average molecular weight is 353 g/mol. The van der Waals surface area contributed by atoms with Crippen LogP contribution < -0.4 is 5.32 Å². The third-order valence-corrected chi connectivity index (χ3v) is 6.03. The molecule has 25 heavy (non-hydrogen) atoms. The molecule has 2 aliphatic heterocycles. The molecule has 3 atom stereocenters. The van der Waals surface area contributed by atoms with E-state index < -0.39 is 12.5 Å². The summed E-state index contributed by atoms with van der Waals surface area (Å²) in [7, 11) is 0. The smallest absolute Gasteiger partial charge is 0.260 e. The van der Waals surface area contributed by atoms with Gasteiger partial charge in [-0.25, -0.2) is 13.5 Å². The first-order valence-electron chi connectivity index (χ1n) is 9.36. The van der Waals surface area contributed by atoms with Crippen LogP contribution in [0.5, 0.6) is 0 Å². The van der Waals surface area contributed by atoms with E-state index in [-0.39, 0.29) is 23.8 Å². The largest absolute Gasteiger partial charge is 0.351 e. The number of carbonyl (C=O) groups is 1. The van der Waals surface area contributed by atoms with Gasteiger partial charge in [0, 0.05) is 25.0 Å². The number of hydrogen-bond acceptors (Lipinski definition) is 4. The Bertz CT molecular complexity index is 616. The molecule has 1 aliphatic carbocycles. The monoisotopic (exact) mass is 353 g/mol. The molecule has 0 aromatic carbocycles. The van der Waals surface area contributed by atoms with E-state index in [2.05, 4.69) is 15.4 Å². The number of halogens is 2. The number of likely N-dealkylation sites (tertiary alicyclic amines) is 1. The van der Waals surface area contributed by atoms with Crippen LogP contribution in [0.1, 0.15) is 51.0 Å². The van der Waals surface area contributed by atoms with Crippen molar-refractivity contribution in [3.63, 3.8) is 0 Å². The molecule has 3 heterocycles. The van der Waals surface area contributed by atoms with Crippen LogP contribution >= 0.6 is 0 Å². The van der Waals surface area contributed by atoms with Crippen molar-refractivity contribution in [2.75, 3.05) is 18.4 Å². The highest BCUT2D eigenvalue weighted by Crippen LogP contribution is 2.36. The fourth-order valence-corrected chi connectivity index (χ4v) is 4.67. The van der Waals surface area contributed by atoms with E-state index in [1.54, 1.807) is 0 Å². The first-order valence-corrected chi connectivity index (χ1v) is 9.36. The van der Waals surface area contributed by atoms with Crippen molar-refractivity contribution >= 4 is 11.9 Å². The fraction of sp³-hybridized carbons (Fsp3) is 0.824. The molecule has 1 saturated heterocycles. The van der Waals surface area contributed by atoms with Crippen molar-refractivity contribution in [3.05, 3.63) is 6.33 Å². The number of aromatic nitrogens is 3. The van der Waals surface area contributed by atoms with Gasteiger partial charge in [-0.2, -0.15) is 10.1 Å². The summed E-state index contributed by atoms with van der Waals surface area (Å²) in [6.45, 7) is 1.46. The Morgan fingerprint density at radius 2 is 2.04 bits per heavy atom. The summed E-state index contributed by atoms with van der Waals surface area (Å²) in [5, 5.41) is 7.21. The highest BCUT2D eigenvalue weighted by atomic mass is 19.3. The lowest BCUT2D eigenvalue weighted by molar-refractivity contribution is -0.137.